The van der Waals surface area contributed by atoms with Gasteiger partial charge in [0.1, 0.15) is 0 Å². The molecule has 1 saturated heterocycles. The van der Waals surface area contributed by atoms with Gasteiger partial charge in [-0.2, -0.15) is 0 Å². The number of nitrogens with one attached hydrogen (secondary N) is 1. The molecular weight excluding hydrogens is 240 g/mol. The molecule has 0 bridgehead atoms. The smallest absolute Gasteiger partial charge is 0.0552 e. The van der Waals surface area contributed by atoms with Crippen molar-refractivity contribution in [1.82, 2.24) is 5.32 Å². The van der Waals surface area contributed by atoms with E-state index in [0.29, 0.717) is 0 Å². The summed E-state index contributed by atoms with van der Waals surface area (Å²) in [5, 5.41) is 7.13. The molecular formula is C15H20N2S. The van der Waals surface area contributed by atoms with Crippen LogP contribution in [0.3, 0.4) is 0 Å². The van der Waals surface area contributed by atoms with Gasteiger partial charge in [0.05, 0.1) is 5.69 Å². The fourth-order valence-corrected chi connectivity index (χ4v) is 3.72. The van der Waals surface area contributed by atoms with Crippen molar-refractivity contribution >= 4 is 27.1 Å². The standard InChI is InChI=1S/C15H20N2S/c1-17(9-7-12-6-8-16-10-12)14-11-18-15-5-3-2-4-13(14)15/h2-5,11-12,16H,6-10H2,1H3. The third-order valence-corrected chi connectivity index (χ3v) is 4.86. The van der Waals surface area contributed by atoms with E-state index in [1.165, 1.54) is 41.7 Å². The molecule has 1 unspecified atom stereocenters. The Kier molecular flexibility index (Phi) is 3.52. The molecule has 2 nitrogen and oxygen atoms in total. The molecule has 0 aliphatic carbocycles. The fraction of sp³-hybridized carbons (Fsp3) is 0.467. The summed E-state index contributed by atoms with van der Waals surface area (Å²) in [6, 6.07) is 8.69. The van der Waals surface area contributed by atoms with Crippen LogP contribution in [0.15, 0.2) is 29.6 Å². The molecule has 1 aromatic heterocycles. The van der Waals surface area contributed by atoms with E-state index in [4.69, 9.17) is 0 Å². The number of hydrogen-bond donors (Lipinski definition) is 1. The molecule has 0 radical (unpaired) electrons. The van der Waals surface area contributed by atoms with Crippen LogP contribution >= 0.6 is 11.3 Å². The van der Waals surface area contributed by atoms with E-state index < -0.39 is 0 Å². The van der Waals surface area contributed by atoms with Crippen LogP contribution < -0.4 is 10.2 Å². The van der Waals surface area contributed by atoms with E-state index in [1.807, 2.05) is 11.3 Å². The number of anilines is 1. The van der Waals surface area contributed by atoms with Crippen molar-refractivity contribution in [2.45, 2.75) is 12.8 Å². The summed E-state index contributed by atoms with van der Waals surface area (Å²) in [4.78, 5) is 2.41. The first-order chi connectivity index (χ1) is 8.84. The molecule has 3 heteroatoms. The quantitative estimate of drug-likeness (QED) is 0.907. The lowest BCUT2D eigenvalue weighted by Crippen LogP contribution is -2.21. The van der Waals surface area contributed by atoms with E-state index in [2.05, 4.69) is 46.9 Å². The van der Waals surface area contributed by atoms with Crippen molar-refractivity contribution in [2.75, 3.05) is 31.6 Å². The highest BCUT2D eigenvalue weighted by Crippen LogP contribution is 2.32. The van der Waals surface area contributed by atoms with Crippen LogP contribution in [0.1, 0.15) is 12.8 Å². The average Bonchev–Trinajstić information content (AvgIpc) is 3.05. The van der Waals surface area contributed by atoms with Crippen LogP contribution in [0.2, 0.25) is 0 Å². The van der Waals surface area contributed by atoms with Crippen LogP contribution in [0.5, 0.6) is 0 Å². The van der Waals surface area contributed by atoms with Crippen molar-refractivity contribution < 1.29 is 0 Å². The zero-order chi connectivity index (χ0) is 12.4. The second-order valence-electron chi connectivity index (χ2n) is 5.19. The minimum Gasteiger partial charge on any atom is -0.373 e. The third kappa shape index (κ3) is 2.38. The average molecular weight is 260 g/mol. The van der Waals surface area contributed by atoms with E-state index in [1.54, 1.807) is 0 Å². The van der Waals surface area contributed by atoms with Gasteiger partial charge in [-0.05, 0) is 37.9 Å². The van der Waals surface area contributed by atoms with Crippen molar-refractivity contribution in [3.05, 3.63) is 29.6 Å². The molecule has 0 amide bonds. The van der Waals surface area contributed by atoms with Gasteiger partial charge in [0.25, 0.3) is 0 Å². The second kappa shape index (κ2) is 5.29. The van der Waals surface area contributed by atoms with Crippen LogP contribution in [0.25, 0.3) is 10.1 Å². The van der Waals surface area contributed by atoms with Gasteiger partial charge in [0.2, 0.25) is 0 Å². The number of hydrogen-bond acceptors (Lipinski definition) is 3. The molecule has 0 spiro atoms. The van der Waals surface area contributed by atoms with Crippen molar-refractivity contribution in [3.8, 4) is 0 Å². The maximum atomic E-state index is 3.44. The molecule has 1 aliphatic rings. The number of fused-ring (bicyclic) bond motifs is 1. The summed E-state index contributed by atoms with van der Waals surface area (Å²) >= 11 is 1.85. The topological polar surface area (TPSA) is 15.3 Å². The maximum absolute atomic E-state index is 3.44. The Morgan fingerprint density at radius 2 is 2.28 bits per heavy atom. The SMILES string of the molecule is CN(CCC1CCNC1)c1csc2ccccc12. The largest absolute Gasteiger partial charge is 0.373 e. The second-order valence-corrected chi connectivity index (χ2v) is 6.10. The van der Waals surface area contributed by atoms with Crippen LogP contribution in [-0.4, -0.2) is 26.7 Å². The van der Waals surface area contributed by atoms with Gasteiger partial charge < -0.3 is 10.2 Å². The molecule has 18 heavy (non-hydrogen) atoms. The first kappa shape index (κ1) is 12.0. The van der Waals surface area contributed by atoms with Gasteiger partial charge in [0.15, 0.2) is 0 Å². The fourth-order valence-electron chi connectivity index (χ4n) is 2.72. The highest BCUT2D eigenvalue weighted by molar-refractivity contribution is 7.17. The van der Waals surface area contributed by atoms with Gasteiger partial charge >= 0.3 is 0 Å². The minimum absolute atomic E-state index is 0.873. The monoisotopic (exact) mass is 260 g/mol. The summed E-state index contributed by atoms with van der Waals surface area (Å²) in [5.41, 5.74) is 1.39. The van der Waals surface area contributed by atoms with Crippen LogP contribution in [-0.2, 0) is 0 Å². The Hall–Kier alpha value is -1.06. The van der Waals surface area contributed by atoms with Gasteiger partial charge in [-0.1, -0.05) is 18.2 Å². The first-order valence-electron chi connectivity index (χ1n) is 6.72. The normalized spacial score (nSPS) is 19.5. The third-order valence-electron chi connectivity index (χ3n) is 3.91. The first-order valence-corrected chi connectivity index (χ1v) is 7.60. The van der Waals surface area contributed by atoms with E-state index >= 15 is 0 Å². The molecule has 1 N–H and O–H groups in total. The lowest BCUT2D eigenvalue weighted by atomic mass is 10.0. The van der Waals surface area contributed by atoms with Crippen molar-refractivity contribution in [1.29, 1.82) is 0 Å². The van der Waals surface area contributed by atoms with Gasteiger partial charge in [0, 0.05) is 29.1 Å². The predicted octanol–water partition coefficient (Wildman–Crippen LogP) is 3.34. The zero-order valence-corrected chi connectivity index (χ0v) is 11.7. The molecule has 1 fully saturated rings. The van der Waals surface area contributed by atoms with Crippen LogP contribution in [0, 0.1) is 5.92 Å². The zero-order valence-electron chi connectivity index (χ0n) is 10.9. The number of rotatable bonds is 4. The molecule has 1 aromatic carbocycles. The van der Waals surface area contributed by atoms with Crippen molar-refractivity contribution in [3.63, 3.8) is 0 Å². The number of benzene rings is 1. The van der Waals surface area contributed by atoms with E-state index in [0.717, 1.165) is 12.5 Å². The van der Waals surface area contributed by atoms with Gasteiger partial charge in [-0.25, -0.2) is 0 Å². The van der Waals surface area contributed by atoms with Crippen LogP contribution in [0.4, 0.5) is 5.69 Å². The Morgan fingerprint density at radius 3 is 3.11 bits per heavy atom. The van der Waals surface area contributed by atoms with Gasteiger partial charge in [-0.3, -0.25) is 0 Å². The lowest BCUT2D eigenvalue weighted by Gasteiger charge is -2.20. The summed E-state index contributed by atoms with van der Waals surface area (Å²) in [6.45, 7) is 3.57. The Morgan fingerprint density at radius 1 is 1.39 bits per heavy atom. The molecule has 3 rings (SSSR count). The highest BCUT2D eigenvalue weighted by Gasteiger charge is 2.15. The number of thiophene rings is 1. The van der Waals surface area contributed by atoms with Gasteiger partial charge in [-0.15, -0.1) is 11.3 Å². The number of nitrogens with zero attached hydrogens (tertiary/aromatic N) is 1. The lowest BCUT2D eigenvalue weighted by molar-refractivity contribution is 0.534. The summed E-state index contributed by atoms with van der Waals surface area (Å²) in [5.74, 6) is 0.873. The molecule has 0 saturated carbocycles. The minimum atomic E-state index is 0.873. The Labute approximate surface area is 113 Å². The molecule has 2 aromatic rings. The predicted molar refractivity (Wildman–Crippen MR) is 80.7 cm³/mol. The molecule has 1 aliphatic heterocycles. The molecule has 96 valence electrons. The summed E-state index contributed by atoms with van der Waals surface area (Å²) in [6.07, 6.45) is 2.64. The van der Waals surface area contributed by atoms with Crippen molar-refractivity contribution in [2.24, 2.45) is 5.92 Å². The summed E-state index contributed by atoms with van der Waals surface area (Å²) < 4.78 is 1.39. The maximum Gasteiger partial charge on any atom is 0.0552 e. The highest BCUT2D eigenvalue weighted by atomic mass is 32.1. The van der Waals surface area contributed by atoms with E-state index in [9.17, 15) is 0 Å². The Balaban J connectivity index is 1.69. The summed E-state index contributed by atoms with van der Waals surface area (Å²) in [7, 11) is 2.22. The van der Waals surface area contributed by atoms with E-state index in [-0.39, 0.29) is 0 Å². The molecule has 1 atom stereocenters. The molecule has 2 heterocycles. The Bertz CT molecular complexity index is 514.